The van der Waals surface area contributed by atoms with E-state index in [1.54, 1.807) is 44.4 Å². The van der Waals surface area contributed by atoms with E-state index < -0.39 is 6.04 Å². The van der Waals surface area contributed by atoms with E-state index in [4.69, 9.17) is 21.7 Å². The molecule has 0 saturated carbocycles. The molecule has 3 N–H and O–H groups in total. The smallest absolute Gasteiger partial charge is 0.255 e. The van der Waals surface area contributed by atoms with Gasteiger partial charge in [-0.05, 0) is 49.0 Å². The summed E-state index contributed by atoms with van der Waals surface area (Å²) in [7, 11) is 3.06. The summed E-state index contributed by atoms with van der Waals surface area (Å²) in [5.74, 6) is 0.394. The van der Waals surface area contributed by atoms with E-state index in [1.165, 1.54) is 19.2 Å². The lowest BCUT2D eigenvalue weighted by Crippen LogP contribution is -2.45. The Bertz CT molecular complexity index is 944. The van der Waals surface area contributed by atoms with Gasteiger partial charge in [-0.25, -0.2) is 4.39 Å². The van der Waals surface area contributed by atoms with Crippen LogP contribution in [-0.4, -0.2) is 25.2 Å². The summed E-state index contributed by atoms with van der Waals surface area (Å²) in [4.78, 5) is 13.1. The molecule has 8 heteroatoms. The highest BCUT2D eigenvalue weighted by atomic mass is 32.1. The van der Waals surface area contributed by atoms with Crippen molar-refractivity contribution in [3.8, 4) is 11.5 Å². The molecule has 146 valence electrons. The number of anilines is 1. The van der Waals surface area contributed by atoms with E-state index in [2.05, 4.69) is 16.0 Å². The van der Waals surface area contributed by atoms with Crippen LogP contribution in [0.3, 0.4) is 0 Å². The number of benzene rings is 2. The maximum absolute atomic E-state index is 13.3. The van der Waals surface area contributed by atoms with Gasteiger partial charge in [-0.2, -0.15) is 0 Å². The van der Waals surface area contributed by atoms with Crippen molar-refractivity contribution >= 4 is 28.9 Å². The van der Waals surface area contributed by atoms with Crippen molar-refractivity contribution in [2.45, 2.75) is 13.0 Å². The van der Waals surface area contributed by atoms with Gasteiger partial charge >= 0.3 is 0 Å². The average molecular weight is 401 g/mol. The third-order valence-electron chi connectivity index (χ3n) is 4.37. The van der Waals surface area contributed by atoms with Crippen LogP contribution < -0.4 is 25.4 Å². The second kappa shape index (κ2) is 8.26. The molecule has 1 aliphatic heterocycles. The molecule has 0 aliphatic carbocycles. The van der Waals surface area contributed by atoms with E-state index in [0.717, 1.165) is 5.56 Å². The molecule has 0 aromatic heterocycles. The maximum Gasteiger partial charge on any atom is 0.255 e. The molecule has 6 nitrogen and oxygen atoms in total. The number of thiocarbonyl (C=S) groups is 1. The van der Waals surface area contributed by atoms with Gasteiger partial charge in [0.15, 0.2) is 5.11 Å². The summed E-state index contributed by atoms with van der Waals surface area (Å²) in [6, 6.07) is 10.5. The van der Waals surface area contributed by atoms with E-state index in [-0.39, 0.29) is 11.7 Å². The third kappa shape index (κ3) is 4.07. The summed E-state index contributed by atoms with van der Waals surface area (Å²) >= 11 is 5.23. The van der Waals surface area contributed by atoms with Gasteiger partial charge in [0.1, 0.15) is 17.3 Å². The molecule has 2 aromatic carbocycles. The molecule has 1 heterocycles. The quantitative estimate of drug-likeness (QED) is 0.668. The van der Waals surface area contributed by atoms with Gasteiger partial charge < -0.3 is 25.4 Å². The van der Waals surface area contributed by atoms with Crippen LogP contribution in [-0.2, 0) is 4.79 Å². The van der Waals surface area contributed by atoms with Crippen molar-refractivity contribution in [1.29, 1.82) is 0 Å². The molecule has 1 aliphatic rings. The number of hydrogen-bond donors (Lipinski definition) is 3. The predicted octanol–water partition coefficient (Wildman–Crippen LogP) is 3.27. The van der Waals surface area contributed by atoms with Crippen molar-refractivity contribution < 1.29 is 18.7 Å². The number of carbonyl (C=O) groups excluding carboxylic acids is 1. The summed E-state index contributed by atoms with van der Waals surface area (Å²) in [5.41, 5.74) is 2.28. The monoisotopic (exact) mass is 401 g/mol. The van der Waals surface area contributed by atoms with E-state index >= 15 is 0 Å². The molecule has 0 bridgehead atoms. The molecule has 0 saturated heterocycles. The van der Waals surface area contributed by atoms with E-state index in [9.17, 15) is 9.18 Å². The number of carbonyl (C=O) groups is 1. The first-order chi connectivity index (χ1) is 13.4. The molecule has 1 amide bonds. The summed E-state index contributed by atoms with van der Waals surface area (Å²) in [5, 5.41) is 9.30. The average Bonchev–Trinajstić information content (AvgIpc) is 2.68. The van der Waals surface area contributed by atoms with Crippen molar-refractivity contribution in [2.24, 2.45) is 0 Å². The van der Waals surface area contributed by atoms with Crippen molar-refractivity contribution in [3.05, 3.63) is 65.1 Å². The Balaban J connectivity index is 1.94. The molecule has 0 spiro atoms. The third-order valence-corrected chi connectivity index (χ3v) is 4.59. The van der Waals surface area contributed by atoms with Crippen LogP contribution in [0, 0.1) is 5.82 Å². The fourth-order valence-corrected chi connectivity index (χ4v) is 3.26. The zero-order valence-corrected chi connectivity index (χ0v) is 16.4. The molecule has 3 rings (SSSR count). The zero-order valence-electron chi connectivity index (χ0n) is 15.6. The first kappa shape index (κ1) is 19.6. The standard InChI is InChI=1S/C20H20FN3O3S/c1-11-17(18(24-20(28)22-11)12-4-6-13(21)7-5-12)19(25)23-15-9-8-14(26-2)10-16(15)27-3/h4-10,18H,1-3H3,(H,23,25)(H2,22,24,28)/t18-/m0/s1. The second-order valence-corrected chi connectivity index (χ2v) is 6.55. The van der Waals surface area contributed by atoms with Gasteiger partial charge in [-0.15, -0.1) is 0 Å². The molecule has 28 heavy (non-hydrogen) atoms. The number of nitrogens with one attached hydrogen (secondary N) is 3. The minimum atomic E-state index is -0.515. The molecule has 0 radical (unpaired) electrons. The van der Waals surface area contributed by atoms with Gasteiger partial charge in [-0.3, -0.25) is 4.79 Å². The minimum absolute atomic E-state index is 0.335. The number of allylic oxidation sites excluding steroid dienone is 1. The van der Waals surface area contributed by atoms with Crippen LogP contribution in [0.2, 0.25) is 0 Å². The lowest BCUT2D eigenvalue weighted by atomic mass is 9.95. The molecular formula is C20H20FN3O3S. The van der Waals surface area contributed by atoms with Gasteiger partial charge in [-0.1, -0.05) is 12.1 Å². The number of rotatable bonds is 5. The fourth-order valence-electron chi connectivity index (χ4n) is 2.99. The second-order valence-electron chi connectivity index (χ2n) is 6.14. The number of amides is 1. The van der Waals surface area contributed by atoms with Crippen LogP contribution in [0.25, 0.3) is 0 Å². The lowest BCUT2D eigenvalue weighted by molar-refractivity contribution is -0.113. The maximum atomic E-state index is 13.3. The Hall–Kier alpha value is -3.13. The number of methoxy groups -OCH3 is 2. The zero-order chi connectivity index (χ0) is 20.3. The number of hydrogen-bond acceptors (Lipinski definition) is 4. The van der Waals surface area contributed by atoms with E-state index in [1.807, 2.05) is 0 Å². The SMILES string of the molecule is COc1ccc(NC(=O)C2=C(C)NC(=S)N[C@H]2c2ccc(F)cc2)c(OC)c1. The largest absolute Gasteiger partial charge is 0.497 e. The van der Waals surface area contributed by atoms with Gasteiger partial charge in [0.2, 0.25) is 0 Å². The molecular weight excluding hydrogens is 381 g/mol. The Morgan fingerprint density at radius 3 is 2.50 bits per heavy atom. The summed E-state index contributed by atoms with van der Waals surface area (Å²) < 4.78 is 23.8. The Kier molecular flexibility index (Phi) is 5.79. The molecule has 0 fully saturated rings. The van der Waals surface area contributed by atoms with Crippen LogP contribution in [0.5, 0.6) is 11.5 Å². The first-order valence-corrected chi connectivity index (χ1v) is 8.91. The van der Waals surface area contributed by atoms with Gasteiger partial charge in [0.05, 0.1) is 31.5 Å². The Labute approximate surface area is 167 Å². The van der Waals surface area contributed by atoms with E-state index in [0.29, 0.717) is 33.6 Å². The van der Waals surface area contributed by atoms with Crippen LogP contribution >= 0.6 is 12.2 Å². The topological polar surface area (TPSA) is 71.6 Å². The highest BCUT2D eigenvalue weighted by Crippen LogP contribution is 2.32. The summed E-state index contributed by atoms with van der Waals surface area (Å²) in [6.45, 7) is 1.77. The van der Waals surface area contributed by atoms with Crippen LogP contribution in [0.4, 0.5) is 10.1 Å². The highest BCUT2D eigenvalue weighted by molar-refractivity contribution is 7.80. The molecule has 0 unspecified atom stereocenters. The van der Waals surface area contributed by atoms with Crippen molar-refractivity contribution in [2.75, 3.05) is 19.5 Å². The fraction of sp³-hybridized carbons (Fsp3) is 0.200. The van der Waals surface area contributed by atoms with Crippen LogP contribution in [0.15, 0.2) is 53.7 Å². The minimum Gasteiger partial charge on any atom is -0.497 e. The Morgan fingerprint density at radius 1 is 1.14 bits per heavy atom. The van der Waals surface area contributed by atoms with Crippen molar-refractivity contribution in [1.82, 2.24) is 10.6 Å². The van der Waals surface area contributed by atoms with Crippen molar-refractivity contribution in [3.63, 3.8) is 0 Å². The summed E-state index contributed by atoms with van der Waals surface area (Å²) in [6.07, 6.45) is 0. The molecule has 1 atom stereocenters. The number of halogens is 1. The lowest BCUT2D eigenvalue weighted by Gasteiger charge is -2.30. The van der Waals surface area contributed by atoms with Gasteiger partial charge in [0, 0.05) is 11.8 Å². The Morgan fingerprint density at radius 2 is 1.86 bits per heavy atom. The van der Waals surface area contributed by atoms with Gasteiger partial charge in [0.25, 0.3) is 5.91 Å². The number of ether oxygens (including phenoxy) is 2. The normalized spacial score (nSPS) is 16.1. The highest BCUT2D eigenvalue weighted by Gasteiger charge is 2.30. The van der Waals surface area contributed by atoms with Crippen LogP contribution in [0.1, 0.15) is 18.5 Å². The molecule has 2 aromatic rings. The first-order valence-electron chi connectivity index (χ1n) is 8.50. The predicted molar refractivity (Wildman–Crippen MR) is 109 cm³/mol.